The molecule has 0 bridgehead atoms. The van der Waals surface area contributed by atoms with Crippen molar-refractivity contribution < 1.29 is 28.2 Å². The molecule has 8 heteroatoms. The molecule has 2 aromatic rings. The number of carboxylic acid groups (broad SMARTS) is 2. The van der Waals surface area contributed by atoms with Gasteiger partial charge in [-0.2, -0.15) is 0 Å². The van der Waals surface area contributed by atoms with E-state index in [-0.39, 0.29) is 21.7 Å². The highest BCUT2D eigenvalue weighted by atomic mass is 32.2. The van der Waals surface area contributed by atoms with Crippen LogP contribution in [0, 0.1) is 13.8 Å². The van der Waals surface area contributed by atoms with E-state index in [0.717, 1.165) is 12.5 Å². The summed E-state index contributed by atoms with van der Waals surface area (Å²) in [5.41, 5.74) is 2.20. The van der Waals surface area contributed by atoms with Gasteiger partial charge in [0, 0.05) is 0 Å². The first-order valence-electron chi connectivity index (χ1n) is 8.36. The van der Waals surface area contributed by atoms with E-state index < -0.39 is 22.0 Å². The van der Waals surface area contributed by atoms with Gasteiger partial charge in [0.25, 0.3) is 10.0 Å². The maximum Gasteiger partial charge on any atom is 0.337 e. The van der Waals surface area contributed by atoms with Gasteiger partial charge in [0.1, 0.15) is 0 Å². The maximum atomic E-state index is 13.1. The zero-order valence-electron chi connectivity index (χ0n) is 14.9. The van der Waals surface area contributed by atoms with Gasteiger partial charge in [0.05, 0.1) is 21.7 Å². The summed E-state index contributed by atoms with van der Waals surface area (Å²) in [6.07, 6.45) is 1.89. The lowest BCUT2D eigenvalue weighted by molar-refractivity contribution is 0.0686. The molecular weight excluding hydrogens is 370 g/mol. The molecular formula is C19H19NO6S. The molecule has 0 saturated carbocycles. The number of aromatic carboxylic acids is 2. The van der Waals surface area contributed by atoms with Crippen LogP contribution in [0.1, 0.15) is 49.4 Å². The van der Waals surface area contributed by atoms with Gasteiger partial charge >= 0.3 is 11.9 Å². The minimum atomic E-state index is -4.16. The molecule has 0 aliphatic heterocycles. The second kappa shape index (κ2) is 6.70. The Morgan fingerprint density at radius 3 is 2.33 bits per heavy atom. The summed E-state index contributed by atoms with van der Waals surface area (Å²) in [5, 5.41) is 18.7. The first kappa shape index (κ1) is 18.9. The predicted octanol–water partition coefficient (Wildman–Crippen LogP) is 2.99. The summed E-state index contributed by atoms with van der Waals surface area (Å²) >= 11 is 0. The van der Waals surface area contributed by atoms with E-state index in [0.29, 0.717) is 35.1 Å². The maximum absolute atomic E-state index is 13.1. The van der Waals surface area contributed by atoms with Crippen molar-refractivity contribution in [3.63, 3.8) is 0 Å². The van der Waals surface area contributed by atoms with Gasteiger partial charge < -0.3 is 10.2 Å². The molecule has 0 heterocycles. The summed E-state index contributed by atoms with van der Waals surface area (Å²) in [6.45, 7) is 3.34. The van der Waals surface area contributed by atoms with Gasteiger partial charge in [0.2, 0.25) is 0 Å². The van der Waals surface area contributed by atoms with Crippen molar-refractivity contribution >= 4 is 27.6 Å². The number of fused-ring (bicyclic) bond motifs is 1. The topological polar surface area (TPSA) is 121 Å². The average Bonchev–Trinajstić information content (AvgIpc) is 3.04. The lowest BCUT2D eigenvalue weighted by atomic mass is 10.0. The molecule has 3 rings (SSSR count). The van der Waals surface area contributed by atoms with Crippen LogP contribution in [-0.2, 0) is 22.9 Å². The number of carboxylic acids is 2. The number of sulfonamides is 1. The van der Waals surface area contributed by atoms with Gasteiger partial charge in [-0.05, 0) is 73.6 Å². The van der Waals surface area contributed by atoms with Gasteiger partial charge in [-0.3, -0.25) is 4.72 Å². The fourth-order valence-corrected chi connectivity index (χ4v) is 4.98. The average molecular weight is 389 g/mol. The molecule has 1 aliphatic carbocycles. The van der Waals surface area contributed by atoms with E-state index in [2.05, 4.69) is 4.72 Å². The Bertz CT molecular complexity index is 1070. The van der Waals surface area contributed by atoms with Crippen LogP contribution in [0.15, 0.2) is 29.2 Å². The Hall–Kier alpha value is -2.87. The molecule has 0 atom stereocenters. The van der Waals surface area contributed by atoms with E-state index in [9.17, 15) is 28.2 Å². The summed E-state index contributed by atoms with van der Waals surface area (Å²) in [6, 6.07) is 5.72. The largest absolute Gasteiger partial charge is 0.478 e. The van der Waals surface area contributed by atoms with Gasteiger partial charge in [-0.1, -0.05) is 6.07 Å². The molecule has 0 amide bonds. The van der Waals surface area contributed by atoms with Crippen molar-refractivity contribution in [2.24, 2.45) is 0 Å². The molecule has 3 N–H and O–H groups in total. The highest BCUT2D eigenvalue weighted by molar-refractivity contribution is 7.92. The smallest absolute Gasteiger partial charge is 0.337 e. The monoisotopic (exact) mass is 389 g/mol. The second-order valence-electron chi connectivity index (χ2n) is 6.69. The van der Waals surface area contributed by atoms with Crippen LogP contribution in [0.4, 0.5) is 5.69 Å². The molecule has 1 aliphatic rings. The van der Waals surface area contributed by atoms with Crippen molar-refractivity contribution in [3.8, 4) is 0 Å². The van der Waals surface area contributed by atoms with E-state index in [1.807, 2.05) is 0 Å². The van der Waals surface area contributed by atoms with Crippen LogP contribution in [0.5, 0.6) is 0 Å². The van der Waals surface area contributed by atoms with Crippen molar-refractivity contribution in [2.45, 2.75) is 38.0 Å². The molecule has 27 heavy (non-hydrogen) atoms. The number of hydrogen-bond donors (Lipinski definition) is 3. The Kier molecular flexibility index (Phi) is 4.69. The SMILES string of the molecule is Cc1cc(C)c(NS(=O)(=O)c2cc(C(=O)O)cc3c2CCC3)c(C(=O)O)c1. The lowest BCUT2D eigenvalue weighted by Crippen LogP contribution is -2.19. The van der Waals surface area contributed by atoms with Crippen molar-refractivity contribution in [2.75, 3.05) is 4.72 Å². The number of hydrogen-bond acceptors (Lipinski definition) is 4. The van der Waals surface area contributed by atoms with Crippen molar-refractivity contribution in [3.05, 3.63) is 57.6 Å². The minimum absolute atomic E-state index is 0.0134. The third-order valence-corrected chi connectivity index (χ3v) is 6.07. The lowest BCUT2D eigenvalue weighted by Gasteiger charge is -2.16. The fourth-order valence-electron chi connectivity index (χ4n) is 3.49. The number of aryl methyl sites for hydroxylation is 3. The predicted molar refractivity (Wildman–Crippen MR) is 99.1 cm³/mol. The summed E-state index contributed by atoms with van der Waals surface area (Å²) in [4.78, 5) is 22.8. The third-order valence-electron chi connectivity index (χ3n) is 4.66. The highest BCUT2D eigenvalue weighted by Crippen LogP contribution is 2.32. The molecule has 0 fully saturated rings. The number of benzene rings is 2. The Morgan fingerprint density at radius 1 is 1.00 bits per heavy atom. The molecule has 0 unspecified atom stereocenters. The van der Waals surface area contributed by atoms with Crippen molar-refractivity contribution in [1.82, 2.24) is 0 Å². The Labute approximate surface area is 156 Å². The molecule has 0 saturated heterocycles. The Morgan fingerprint density at radius 2 is 1.70 bits per heavy atom. The summed E-state index contributed by atoms with van der Waals surface area (Å²) < 4.78 is 28.5. The summed E-state index contributed by atoms with van der Waals surface area (Å²) in [5.74, 6) is -2.46. The number of rotatable bonds is 5. The molecule has 2 aromatic carbocycles. The molecule has 0 radical (unpaired) electrons. The van der Waals surface area contributed by atoms with E-state index in [1.54, 1.807) is 19.9 Å². The van der Waals surface area contributed by atoms with Crippen LogP contribution in [0.25, 0.3) is 0 Å². The van der Waals surface area contributed by atoms with E-state index in [1.165, 1.54) is 12.1 Å². The van der Waals surface area contributed by atoms with Crippen LogP contribution in [-0.4, -0.2) is 30.6 Å². The van der Waals surface area contributed by atoms with Crippen LogP contribution in [0.3, 0.4) is 0 Å². The normalized spacial score (nSPS) is 13.3. The standard InChI is InChI=1S/C19H19NO6S/c1-10-6-11(2)17(15(7-10)19(23)24)20-27(25,26)16-9-13(18(21)22)8-12-4-3-5-14(12)16/h6-9,20H,3-5H2,1-2H3,(H,21,22)(H,23,24). The molecule has 7 nitrogen and oxygen atoms in total. The highest BCUT2D eigenvalue weighted by Gasteiger charge is 2.28. The Balaban J connectivity index is 2.15. The quantitative estimate of drug-likeness (QED) is 0.723. The first-order chi connectivity index (χ1) is 12.6. The van der Waals surface area contributed by atoms with E-state index in [4.69, 9.17) is 0 Å². The molecule has 142 valence electrons. The van der Waals surface area contributed by atoms with Crippen LogP contribution < -0.4 is 4.72 Å². The zero-order chi connectivity index (χ0) is 19.9. The van der Waals surface area contributed by atoms with Gasteiger partial charge in [0.15, 0.2) is 0 Å². The number of anilines is 1. The van der Waals surface area contributed by atoms with Gasteiger partial charge in [-0.15, -0.1) is 0 Å². The first-order valence-corrected chi connectivity index (χ1v) is 9.85. The second-order valence-corrected chi connectivity index (χ2v) is 8.34. The fraction of sp³-hybridized carbons (Fsp3) is 0.263. The van der Waals surface area contributed by atoms with Crippen molar-refractivity contribution in [1.29, 1.82) is 0 Å². The molecule has 0 aromatic heterocycles. The van der Waals surface area contributed by atoms with Crippen LogP contribution >= 0.6 is 0 Å². The number of carbonyl (C=O) groups is 2. The third kappa shape index (κ3) is 3.52. The van der Waals surface area contributed by atoms with E-state index >= 15 is 0 Å². The number of nitrogens with one attached hydrogen (secondary N) is 1. The van der Waals surface area contributed by atoms with Crippen LogP contribution in [0.2, 0.25) is 0 Å². The molecule has 0 spiro atoms. The summed E-state index contributed by atoms with van der Waals surface area (Å²) in [7, 11) is -4.16. The minimum Gasteiger partial charge on any atom is -0.478 e. The zero-order valence-corrected chi connectivity index (χ0v) is 15.7. The van der Waals surface area contributed by atoms with Gasteiger partial charge in [-0.25, -0.2) is 18.0 Å².